The summed E-state index contributed by atoms with van der Waals surface area (Å²) in [6.07, 6.45) is -7.24. The normalized spacial score (nSPS) is 20.6. The number of halogens is 20. The van der Waals surface area contributed by atoms with Crippen molar-refractivity contribution < 1.29 is 87.8 Å². The molecule has 0 aliphatic heterocycles. The van der Waals surface area contributed by atoms with Crippen LogP contribution in [0.15, 0.2) is 23.3 Å². The maximum absolute atomic E-state index is 16.6. The van der Waals surface area contributed by atoms with Gasteiger partial charge in [-0.3, -0.25) is 0 Å². The van der Waals surface area contributed by atoms with Crippen molar-refractivity contribution in [2.45, 2.75) is 24.8 Å². The number of allylic oxidation sites excluding steroid dienone is 4. The molecule has 0 heterocycles. The van der Waals surface area contributed by atoms with E-state index in [1.54, 1.807) is 0 Å². The summed E-state index contributed by atoms with van der Waals surface area (Å²) in [4.78, 5) is 0. The SMILES string of the molecule is CC1(F)C(F)=C(F)C(F)=C(F)C1(C)[B-](c1c(F)c(F)c(F)c(F)c1F)(c1c(F)c(F)c(F)c(F)c1F)c1c(F)c(F)c(F)c(F)c1F. The lowest BCUT2D eigenvalue weighted by Crippen LogP contribution is -2.81. The molecule has 2 atom stereocenters. The Labute approximate surface area is 246 Å². The highest BCUT2D eigenvalue weighted by molar-refractivity contribution is 7.14. The van der Waals surface area contributed by atoms with E-state index in [2.05, 4.69) is 0 Å². The van der Waals surface area contributed by atoms with Crippen molar-refractivity contribution in [2.24, 2.45) is 0 Å². The van der Waals surface area contributed by atoms with Crippen LogP contribution in [0.3, 0.4) is 0 Å². The average Bonchev–Trinajstić information content (AvgIpc) is 3.03. The van der Waals surface area contributed by atoms with Gasteiger partial charge in [-0.05, 0) is 12.2 Å². The maximum Gasteiger partial charge on any atom is 0.200 e. The van der Waals surface area contributed by atoms with Crippen LogP contribution in [0.5, 0.6) is 0 Å². The second-order valence-electron chi connectivity index (χ2n) is 10.3. The summed E-state index contributed by atoms with van der Waals surface area (Å²) in [5.41, 5.74) is -15.9. The molecule has 0 fully saturated rings. The molecule has 0 aromatic heterocycles. The molecule has 0 nitrogen and oxygen atoms in total. The Morgan fingerprint density at radius 2 is 0.511 bits per heavy atom. The summed E-state index contributed by atoms with van der Waals surface area (Å²) < 4.78 is 301. The highest BCUT2D eigenvalue weighted by atomic mass is 19.2. The Hall–Kier alpha value is -4.20. The summed E-state index contributed by atoms with van der Waals surface area (Å²) in [7, 11) is 0. The fourth-order valence-corrected chi connectivity index (χ4v) is 5.96. The fraction of sp³-hybridized carbons (Fsp3) is 0.154. The molecule has 254 valence electrons. The minimum Gasteiger partial charge on any atom is -0.239 e. The Morgan fingerprint density at radius 3 is 0.745 bits per heavy atom. The Morgan fingerprint density at radius 1 is 0.319 bits per heavy atom. The van der Waals surface area contributed by atoms with E-state index < -0.39 is 158 Å². The zero-order valence-corrected chi connectivity index (χ0v) is 22.1. The molecular formula is C26H6BF20-. The molecular weight excluding hydrogens is 703 g/mol. The van der Waals surface area contributed by atoms with Gasteiger partial charge in [-0.25, -0.2) is 87.8 Å². The molecule has 0 radical (unpaired) electrons. The van der Waals surface area contributed by atoms with Crippen molar-refractivity contribution in [3.05, 3.63) is 111 Å². The van der Waals surface area contributed by atoms with Gasteiger partial charge in [0, 0.05) is 0 Å². The van der Waals surface area contributed by atoms with Crippen molar-refractivity contribution in [1.82, 2.24) is 0 Å². The maximum atomic E-state index is 16.6. The van der Waals surface area contributed by atoms with Gasteiger partial charge in [-0.15, -0.1) is 16.4 Å². The van der Waals surface area contributed by atoms with Crippen LogP contribution >= 0.6 is 0 Å². The number of benzene rings is 3. The monoisotopic (exact) mass is 709 g/mol. The first-order chi connectivity index (χ1) is 21.4. The Balaban J connectivity index is 2.70. The Kier molecular flexibility index (Phi) is 8.29. The van der Waals surface area contributed by atoms with Crippen LogP contribution in [0.4, 0.5) is 87.8 Å². The summed E-state index contributed by atoms with van der Waals surface area (Å²) in [6, 6.07) is 0. The second-order valence-corrected chi connectivity index (χ2v) is 10.3. The molecule has 0 spiro atoms. The molecule has 47 heavy (non-hydrogen) atoms. The molecule has 1 aliphatic carbocycles. The molecule has 1 aliphatic rings. The second kappa shape index (κ2) is 10.9. The summed E-state index contributed by atoms with van der Waals surface area (Å²) in [5, 5.41) is -5.38. The lowest BCUT2D eigenvalue weighted by Gasteiger charge is -2.60. The van der Waals surface area contributed by atoms with E-state index in [1.165, 1.54) is 0 Å². The van der Waals surface area contributed by atoms with Crippen LogP contribution in [0.1, 0.15) is 13.8 Å². The molecule has 3 aromatic rings. The van der Waals surface area contributed by atoms with Gasteiger partial charge in [0.15, 0.2) is 69.8 Å². The minimum absolute atomic E-state index is 0.630. The summed E-state index contributed by atoms with van der Waals surface area (Å²) >= 11 is 0. The van der Waals surface area contributed by atoms with E-state index in [0.717, 1.165) is 0 Å². The van der Waals surface area contributed by atoms with Crippen molar-refractivity contribution >= 4 is 22.5 Å². The number of alkyl halides is 1. The van der Waals surface area contributed by atoms with Crippen molar-refractivity contribution in [3.8, 4) is 0 Å². The molecule has 3 aromatic carbocycles. The molecule has 0 saturated heterocycles. The first-order valence-electron chi connectivity index (χ1n) is 11.9. The van der Waals surface area contributed by atoms with Crippen LogP contribution in [0.25, 0.3) is 0 Å². The molecule has 0 amide bonds. The first-order valence-corrected chi connectivity index (χ1v) is 11.9. The quantitative estimate of drug-likeness (QED) is 0.111. The smallest absolute Gasteiger partial charge is 0.200 e. The lowest BCUT2D eigenvalue weighted by molar-refractivity contribution is 0.120. The fourth-order valence-electron chi connectivity index (χ4n) is 5.96. The minimum atomic E-state index is -7.24. The van der Waals surface area contributed by atoms with Gasteiger partial charge in [0.2, 0.25) is 0 Å². The number of hydrogen-bond acceptors (Lipinski definition) is 0. The molecule has 21 heteroatoms. The molecule has 4 rings (SSSR count). The zero-order chi connectivity index (χ0) is 36.2. The lowest BCUT2D eigenvalue weighted by atomic mass is 9.04. The van der Waals surface area contributed by atoms with Gasteiger partial charge in [0.05, 0.1) is 0 Å². The van der Waals surface area contributed by atoms with Crippen LogP contribution in [-0.2, 0) is 0 Å². The molecule has 0 saturated carbocycles. The number of hydrogen-bond donors (Lipinski definition) is 0. The Bertz CT molecular complexity index is 1720. The van der Waals surface area contributed by atoms with Crippen LogP contribution in [0, 0.1) is 87.3 Å². The zero-order valence-electron chi connectivity index (χ0n) is 22.1. The van der Waals surface area contributed by atoms with Gasteiger partial charge < -0.3 is 0 Å². The molecule has 2 unspecified atom stereocenters. The van der Waals surface area contributed by atoms with Crippen molar-refractivity contribution in [3.63, 3.8) is 0 Å². The van der Waals surface area contributed by atoms with E-state index in [4.69, 9.17) is 0 Å². The van der Waals surface area contributed by atoms with Crippen LogP contribution < -0.4 is 16.4 Å². The average molecular weight is 709 g/mol. The van der Waals surface area contributed by atoms with Gasteiger partial charge in [0.25, 0.3) is 0 Å². The standard InChI is InChI=1S/C26H6BF20/c1-25(23(45)21(43)22(44)24(46)26(25,2)47)27(3-6(28)12(34)18(40)13(35)7(3)29,4-8(30)14(36)19(41)15(37)9(4)31)5-10(32)16(38)20(42)17(39)11(5)33/h1-2H3/q-1. The predicted molar refractivity (Wildman–Crippen MR) is 120 cm³/mol. The largest absolute Gasteiger partial charge is 0.239 e. The summed E-state index contributed by atoms with van der Waals surface area (Å²) in [6.45, 7) is -1.35. The highest BCUT2D eigenvalue weighted by Crippen LogP contribution is 2.64. The van der Waals surface area contributed by atoms with Gasteiger partial charge in [-0.2, -0.15) is 0 Å². The van der Waals surface area contributed by atoms with E-state index >= 15 is 39.5 Å². The molecule has 0 N–H and O–H groups in total. The highest BCUT2D eigenvalue weighted by Gasteiger charge is 2.68. The van der Waals surface area contributed by atoms with E-state index in [9.17, 15) is 48.3 Å². The van der Waals surface area contributed by atoms with Crippen LogP contribution in [-0.4, -0.2) is 11.8 Å². The summed E-state index contributed by atoms with van der Waals surface area (Å²) in [5.74, 6) is -67.2. The first kappa shape index (κ1) is 35.7. The van der Waals surface area contributed by atoms with Crippen molar-refractivity contribution in [2.75, 3.05) is 0 Å². The third-order valence-corrected chi connectivity index (χ3v) is 8.32. The van der Waals surface area contributed by atoms with E-state index in [-0.39, 0.29) is 0 Å². The van der Waals surface area contributed by atoms with Crippen molar-refractivity contribution in [1.29, 1.82) is 0 Å². The predicted octanol–water partition coefficient (Wildman–Crippen LogP) is 8.05. The van der Waals surface area contributed by atoms with Gasteiger partial charge in [0.1, 0.15) is 52.5 Å². The third kappa shape index (κ3) is 4.06. The van der Waals surface area contributed by atoms with Crippen LogP contribution in [0.2, 0.25) is 5.31 Å². The topological polar surface area (TPSA) is 0 Å². The van der Waals surface area contributed by atoms with E-state index in [0.29, 0.717) is 0 Å². The number of rotatable bonds is 4. The van der Waals surface area contributed by atoms with Gasteiger partial charge >= 0.3 is 0 Å². The third-order valence-electron chi connectivity index (χ3n) is 8.32. The van der Waals surface area contributed by atoms with E-state index in [1.807, 2.05) is 0 Å². The van der Waals surface area contributed by atoms with Gasteiger partial charge in [-0.1, -0.05) is 6.92 Å². The molecule has 0 bridgehead atoms.